The third-order valence-corrected chi connectivity index (χ3v) is 5.67. The predicted octanol–water partition coefficient (Wildman–Crippen LogP) is 6.13. The molecule has 0 nitrogen and oxygen atoms in total. The maximum absolute atomic E-state index is 3.66. The van der Waals surface area contributed by atoms with Gasteiger partial charge in [0.1, 0.15) is 0 Å². The monoisotopic (exact) mass is 344 g/mol. The van der Waals surface area contributed by atoms with Gasteiger partial charge in [-0.05, 0) is 53.6 Å². The largest absolute Gasteiger partial charge is 0.140 e. The van der Waals surface area contributed by atoms with E-state index in [9.17, 15) is 0 Å². The topological polar surface area (TPSA) is 0 Å². The van der Waals surface area contributed by atoms with Gasteiger partial charge in [-0.2, -0.15) is 0 Å². The fraction of sp³-hybridized carbons (Fsp3) is 0.222. The number of hydrogen-bond donors (Lipinski definition) is 0. The van der Waals surface area contributed by atoms with Crippen LogP contribution >= 0.6 is 27.3 Å². The zero-order chi connectivity index (χ0) is 14.1. The molecule has 0 bridgehead atoms. The highest BCUT2D eigenvalue weighted by Crippen LogP contribution is 2.30. The van der Waals surface area contributed by atoms with E-state index >= 15 is 0 Å². The molecule has 20 heavy (non-hydrogen) atoms. The molecule has 102 valence electrons. The van der Waals surface area contributed by atoms with Gasteiger partial charge in [0.15, 0.2) is 0 Å². The molecule has 0 aliphatic heterocycles. The second-order valence-corrected chi connectivity index (χ2v) is 7.17. The first-order chi connectivity index (χ1) is 9.67. The summed E-state index contributed by atoms with van der Waals surface area (Å²) in [4.78, 5) is 1.44. The number of rotatable bonds is 3. The van der Waals surface area contributed by atoms with Gasteiger partial charge in [-0.25, -0.2) is 0 Å². The Hall–Kier alpha value is -1.12. The summed E-state index contributed by atoms with van der Waals surface area (Å²) >= 11 is 5.57. The van der Waals surface area contributed by atoms with Gasteiger partial charge in [0.2, 0.25) is 0 Å². The zero-order valence-electron chi connectivity index (χ0n) is 11.7. The van der Waals surface area contributed by atoms with E-state index in [-0.39, 0.29) is 0 Å². The van der Waals surface area contributed by atoms with Crippen molar-refractivity contribution in [2.75, 3.05) is 0 Å². The molecule has 0 amide bonds. The highest BCUT2D eigenvalue weighted by atomic mass is 79.9. The van der Waals surface area contributed by atoms with Gasteiger partial charge in [-0.1, -0.05) is 47.1 Å². The normalized spacial score (nSPS) is 11.2. The molecule has 1 heterocycles. The van der Waals surface area contributed by atoms with E-state index in [2.05, 4.69) is 72.2 Å². The number of benzene rings is 2. The van der Waals surface area contributed by atoms with Crippen LogP contribution in [0.1, 0.15) is 28.5 Å². The predicted molar refractivity (Wildman–Crippen MR) is 92.9 cm³/mol. The molecule has 0 saturated carbocycles. The third-order valence-electron chi connectivity index (χ3n) is 3.70. The van der Waals surface area contributed by atoms with Crippen LogP contribution in [0.2, 0.25) is 0 Å². The molecule has 2 heteroatoms. The summed E-state index contributed by atoms with van der Waals surface area (Å²) in [7, 11) is 0. The number of halogens is 1. The standard InChI is InChI=1S/C18H17BrS/c1-3-13-8-12(2)17(19)11-15(13)10-16-9-14-6-4-5-7-18(14)20-16/h4-9,11H,3,10H2,1-2H3. The first-order valence-corrected chi connectivity index (χ1v) is 8.53. The Morgan fingerprint density at radius 2 is 1.85 bits per heavy atom. The summed E-state index contributed by atoms with van der Waals surface area (Å²) in [5.41, 5.74) is 4.22. The second-order valence-electron chi connectivity index (χ2n) is 5.15. The van der Waals surface area contributed by atoms with Crippen LogP contribution in [0.25, 0.3) is 10.1 Å². The number of thiophene rings is 1. The van der Waals surface area contributed by atoms with E-state index in [0.717, 1.165) is 12.8 Å². The molecule has 2 aromatic carbocycles. The molecule has 0 radical (unpaired) electrons. The molecule has 0 fully saturated rings. The quantitative estimate of drug-likeness (QED) is 0.536. The Balaban J connectivity index is 1.99. The number of aryl methyl sites for hydroxylation is 2. The highest BCUT2D eigenvalue weighted by Gasteiger charge is 2.08. The van der Waals surface area contributed by atoms with Crippen LogP contribution < -0.4 is 0 Å². The zero-order valence-corrected chi connectivity index (χ0v) is 14.1. The molecular formula is C18H17BrS. The molecule has 3 aromatic rings. The average Bonchev–Trinajstić information content (AvgIpc) is 2.84. The van der Waals surface area contributed by atoms with E-state index < -0.39 is 0 Å². The van der Waals surface area contributed by atoms with Crippen LogP contribution in [0, 0.1) is 6.92 Å². The van der Waals surface area contributed by atoms with Crippen molar-refractivity contribution in [3.8, 4) is 0 Å². The number of hydrogen-bond acceptors (Lipinski definition) is 1. The van der Waals surface area contributed by atoms with Gasteiger partial charge in [0.25, 0.3) is 0 Å². The van der Waals surface area contributed by atoms with E-state index in [4.69, 9.17) is 0 Å². The molecule has 0 N–H and O–H groups in total. The van der Waals surface area contributed by atoms with Gasteiger partial charge in [-0.3, -0.25) is 0 Å². The van der Waals surface area contributed by atoms with Crippen molar-refractivity contribution in [1.29, 1.82) is 0 Å². The van der Waals surface area contributed by atoms with E-state index in [1.807, 2.05) is 11.3 Å². The van der Waals surface area contributed by atoms with Gasteiger partial charge in [0, 0.05) is 20.5 Å². The summed E-state index contributed by atoms with van der Waals surface area (Å²) in [5, 5.41) is 1.36. The lowest BCUT2D eigenvalue weighted by atomic mass is 9.99. The van der Waals surface area contributed by atoms with Gasteiger partial charge < -0.3 is 0 Å². The minimum absolute atomic E-state index is 1.03. The Morgan fingerprint density at radius 1 is 1.05 bits per heavy atom. The summed E-state index contributed by atoms with van der Waals surface area (Å²) < 4.78 is 2.59. The van der Waals surface area contributed by atoms with Crippen molar-refractivity contribution < 1.29 is 0 Å². The smallest absolute Gasteiger partial charge is 0.0345 e. The lowest BCUT2D eigenvalue weighted by Crippen LogP contribution is -1.95. The molecule has 1 aromatic heterocycles. The van der Waals surface area contributed by atoms with Crippen molar-refractivity contribution in [2.45, 2.75) is 26.7 Å². The number of fused-ring (bicyclic) bond motifs is 1. The van der Waals surface area contributed by atoms with Crippen LogP contribution in [0.3, 0.4) is 0 Å². The SMILES string of the molecule is CCc1cc(C)c(Br)cc1Cc1cc2ccccc2s1. The minimum atomic E-state index is 1.03. The van der Waals surface area contributed by atoms with Crippen molar-refractivity contribution in [2.24, 2.45) is 0 Å². The lowest BCUT2D eigenvalue weighted by Gasteiger charge is -2.10. The van der Waals surface area contributed by atoms with Crippen LogP contribution in [0.5, 0.6) is 0 Å². The lowest BCUT2D eigenvalue weighted by molar-refractivity contribution is 1.06. The Morgan fingerprint density at radius 3 is 2.60 bits per heavy atom. The van der Waals surface area contributed by atoms with Gasteiger partial charge >= 0.3 is 0 Å². The maximum atomic E-state index is 3.66. The summed E-state index contributed by atoms with van der Waals surface area (Å²) in [6.45, 7) is 4.39. The average molecular weight is 345 g/mol. The van der Waals surface area contributed by atoms with Crippen LogP contribution in [0.4, 0.5) is 0 Å². The molecule has 3 rings (SSSR count). The van der Waals surface area contributed by atoms with E-state index in [1.165, 1.54) is 36.1 Å². The highest BCUT2D eigenvalue weighted by molar-refractivity contribution is 9.10. The van der Waals surface area contributed by atoms with Crippen LogP contribution in [-0.4, -0.2) is 0 Å². The van der Waals surface area contributed by atoms with E-state index in [0.29, 0.717) is 0 Å². The van der Waals surface area contributed by atoms with Crippen LogP contribution in [0.15, 0.2) is 46.9 Å². The fourth-order valence-electron chi connectivity index (χ4n) is 2.59. The molecule has 0 aliphatic rings. The first-order valence-electron chi connectivity index (χ1n) is 6.92. The summed E-state index contributed by atoms with van der Waals surface area (Å²) in [5.74, 6) is 0. The maximum Gasteiger partial charge on any atom is 0.0345 e. The van der Waals surface area contributed by atoms with Gasteiger partial charge in [0.05, 0.1) is 0 Å². The van der Waals surface area contributed by atoms with Crippen molar-refractivity contribution in [3.05, 3.63) is 68.5 Å². The summed E-state index contributed by atoms with van der Waals surface area (Å²) in [6.07, 6.45) is 2.12. The molecular weight excluding hydrogens is 328 g/mol. The van der Waals surface area contributed by atoms with E-state index in [1.54, 1.807) is 0 Å². The van der Waals surface area contributed by atoms with Crippen LogP contribution in [-0.2, 0) is 12.8 Å². The Labute approximate surface area is 132 Å². The molecule has 0 saturated heterocycles. The first kappa shape index (κ1) is 13.8. The second kappa shape index (κ2) is 5.71. The summed E-state index contributed by atoms with van der Waals surface area (Å²) in [6, 6.07) is 15.6. The van der Waals surface area contributed by atoms with Crippen molar-refractivity contribution >= 4 is 37.4 Å². The van der Waals surface area contributed by atoms with Crippen molar-refractivity contribution in [1.82, 2.24) is 0 Å². The van der Waals surface area contributed by atoms with Gasteiger partial charge in [-0.15, -0.1) is 11.3 Å². The Bertz CT molecular complexity index is 722. The molecule has 0 unspecified atom stereocenters. The molecule has 0 spiro atoms. The molecule has 0 atom stereocenters. The fourth-order valence-corrected chi connectivity index (χ4v) is 4.07. The minimum Gasteiger partial charge on any atom is -0.140 e. The molecule has 0 aliphatic carbocycles. The third kappa shape index (κ3) is 2.68. The Kier molecular flexibility index (Phi) is 3.95. The van der Waals surface area contributed by atoms with Crippen molar-refractivity contribution in [3.63, 3.8) is 0 Å².